The SMILES string of the molecule is Cc1nc(NN(O)Sc2ccc(C(F)(F)F)cc2)c(C)c(C)c1OCc1ccccc1. The summed E-state index contributed by atoms with van der Waals surface area (Å²) in [7, 11) is 0. The number of ether oxygens (including phenoxy) is 1. The van der Waals surface area contributed by atoms with Crippen LogP contribution in [0.2, 0.25) is 0 Å². The molecular formula is C22H22F3N3O2S. The van der Waals surface area contributed by atoms with Crippen LogP contribution in [-0.4, -0.2) is 14.8 Å². The Kier molecular flexibility index (Phi) is 7.09. The summed E-state index contributed by atoms with van der Waals surface area (Å²) in [5.74, 6) is 1.09. The molecule has 0 saturated carbocycles. The zero-order valence-electron chi connectivity index (χ0n) is 17.2. The van der Waals surface area contributed by atoms with E-state index in [0.29, 0.717) is 33.3 Å². The first-order chi connectivity index (χ1) is 14.6. The van der Waals surface area contributed by atoms with Gasteiger partial charge in [0.1, 0.15) is 18.2 Å². The number of alkyl halides is 3. The van der Waals surface area contributed by atoms with E-state index in [4.69, 9.17) is 4.74 Å². The van der Waals surface area contributed by atoms with Crippen LogP contribution < -0.4 is 10.2 Å². The molecule has 0 aliphatic heterocycles. The number of anilines is 1. The summed E-state index contributed by atoms with van der Waals surface area (Å²) in [6, 6.07) is 14.3. The topological polar surface area (TPSA) is 57.6 Å². The van der Waals surface area contributed by atoms with Crippen LogP contribution in [0.5, 0.6) is 5.75 Å². The molecule has 1 aromatic heterocycles. The Hall–Kier alpha value is -2.75. The Morgan fingerprint density at radius 1 is 1.00 bits per heavy atom. The van der Waals surface area contributed by atoms with Crippen LogP contribution in [0.1, 0.15) is 27.9 Å². The highest BCUT2D eigenvalue weighted by atomic mass is 32.2. The van der Waals surface area contributed by atoms with Gasteiger partial charge in [-0.25, -0.2) is 4.98 Å². The van der Waals surface area contributed by atoms with Crippen molar-refractivity contribution in [1.29, 1.82) is 0 Å². The fourth-order valence-corrected chi connectivity index (χ4v) is 3.48. The number of nitrogens with zero attached hydrogens (tertiary/aromatic N) is 2. The van der Waals surface area contributed by atoms with Gasteiger partial charge in [0.25, 0.3) is 0 Å². The van der Waals surface area contributed by atoms with Crippen LogP contribution in [0.4, 0.5) is 19.0 Å². The Morgan fingerprint density at radius 2 is 1.65 bits per heavy atom. The minimum absolute atomic E-state index is 0.409. The molecule has 164 valence electrons. The molecule has 0 fully saturated rings. The highest BCUT2D eigenvalue weighted by Crippen LogP contribution is 2.33. The minimum atomic E-state index is -4.40. The van der Waals surface area contributed by atoms with E-state index in [1.165, 1.54) is 12.1 Å². The van der Waals surface area contributed by atoms with Crippen LogP contribution in [0.15, 0.2) is 59.5 Å². The number of rotatable bonds is 7. The number of nitrogens with one attached hydrogen (secondary N) is 1. The van der Waals surface area contributed by atoms with E-state index in [-0.39, 0.29) is 0 Å². The zero-order valence-corrected chi connectivity index (χ0v) is 18.0. The maximum absolute atomic E-state index is 12.7. The summed E-state index contributed by atoms with van der Waals surface area (Å²) in [6.45, 7) is 5.96. The molecule has 3 aromatic rings. The third-order valence-electron chi connectivity index (χ3n) is 4.67. The van der Waals surface area contributed by atoms with Crippen molar-refractivity contribution in [2.24, 2.45) is 0 Å². The average Bonchev–Trinajstić information content (AvgIpc) is 2.72. The van der Waals surface area contributed by atoms with Crippen molar-refractivity contribution in [2.45, 2.75) is 38.4 Å². The average molecular weight is 449 g/mol. The fourth-order valence-electron chi connectivity index (χ4n) is 2.89. The maximum atomic E-state index is 12.7. The van der Waals surface area contributed by atoms with E-state index in [0.717, 1.165) is 40.8 Å². The summed E-state index contributed by atoms with van der Waals surface area (Å²) in [5, 5.41) is 10.2. The zero-order chi connectivity index (χ0) is 22.6. The molecule has 2 N–H and O–H groups in total. The van der Waals surface area contributed by atoms with Gasteiger partial charge in [0, 0.05) is 16.8 Å². The van der Waals surface area contributed by atoms with E-state index in [2.05, 4.69) is 10.4 Å². The van der Waals surface area contributed by atoms with Crippen molar-refractivity contribution < 1.29 is 23.1 Å². The van der Waals surface area contributed by atoms with Gasteiger partial charge < -0.3 is 4.74 Å². The molecule has 9 heteroatoms. The van der Waals surface area contributed by atoms with Gasteiger partial charge in [-0.05, 0) is 66.3 Å². The van der Waals surface area contributed by atoms with Crippen molar-refractivity contribution in [3.63, 3.8) is 0 Å². The van der Waals surface area contributed by atoms with Gasteiger partial charge in [-0.15, -0.1) is 0 Å². The normalized spacial score (nSPS) is 11.6. The third-order valence-corrected chi connectivity index (χ3v) is 5.41. The lowest BCUT2D eigenvalue weighted by molar-refractivity contribution is -0.137. The fraction of sp³-hybridized carbons (Fsp3) is 0.227. The number of hydrazine groups is 1. The lowest BCUT2D eigenvalue weighted by atomic mass is 10.1. The van der Waals surface area contributed by atoms with Crippen LogP contribution in [0.25, 0.3) is 0 Å². The Bertz CT molecular complexity index is 1030. The summed E-state index contributed by atoms with van der Waals surface area (Å²) < 4.78 is 44.7. The van der Waals surface area contributed by atoms with Gasteiger partial charge in [-0.2, -0.15) is 13.2 Å². The highest BCUT2D eigenvalue weighted by molar-refractivity contribution is 7.97. The van der Waals surface area contributed by atoms with Gasteiger partial charge in [-0.1, -0.05) is 30.3 Å². The molecule has 0 aliphatic rings. The lowest BCUT2D eigenvalue weighted by Gasteiger charge is -2.20. The molecule has 3 rings (SSSR count). The molecule has 0 radical (unpaired) electrons. The van der Waals surface area contributed by atoms with Crippen molar-refractivity contribution in [2.75, 3.05) is 5.43 Å². The van der Waals surface area contributed by atoms with Crippen molar-refractivity contribution in [1.82, 2.24) is 9.56 Å². The number of hydrogen-bond donors (Lipinski definition) is 2. The van der Waals surface area contributed by atoms with Gasteiger partial charge in [0.2, 0.25) is 0 Å². The second-order valence-electron chi connectivity index (χ2n) is 6.90. The first kappa shape index (κ1) is 22.9. The first-order valence-electron chi connectivity index (χ1n) is 9.40. The molecule has 31 heavy (non-hydrogen) atoms. The quantitative estimate of drug-likeness (QED) is 0.325. The van der Waals surface area contributed by atoms with Crippen LogP contribution in [0, 0.1) is 20.8 Å². The van der Waals surface area contributed by atoms with Crippen molar-refractivity contribution in [3.05, 3.63) is 82.5 Å². The van der Waals surface area contributed by atoms with E-state index < -0.39 is 11.7 Å². The predicted molar refractivity (Wildman–Crippen MR) is 114 cm³/mol. The molecule has 0 unspecified atom stereocenters. The van der Waals surface area contributed by atoms with Crippen LogP contribution >= 0.6 is 11.9 Å². The second-order valence-corrected chi connectivity index (χ2v) is 7.90. The van der Waals surface area contributed by atoms with Crippen LogP contribution in [-0.2, 0) is 12.8 Å². The first-order valence-corrected chi connectivity index (χ1v) is 10.2. The monoisotopic (exact) mass is 449 g/mol. The van der Waals surface area contributed by atoms with Gasteiger partial charge in [0.05, 0.1) is 11.3 Å². The number of aryl methyl sites for hydroxylation is 1. The molecule has 0 atom stereocenters. The van der Waals surface area contributed by atoms with Gasteiger partial charge in [0.15, 0.2) is 0 Å². The summed E-state index contributed by atoms with van der Waals surface area (Å²) in [6.07, 6.45) is -4.40. The highest BCUT2D eigenvalue weighted by Gasteiger charge is 2.30. The third kappa shape index (κ3) is 5.90. The van der Waals surface area contributed by atoms with Crippen molar-refractivity contribution in [3.8, 4) is 5.75 Å². The summed E-state index contributed by atoms with van der Waals surface area (Å²) >= 11 is 0.829. The second kappa shape index (κ2) is 9.59. The van der Waals surface area contributed by atoms with E-state index in [9.17, 15) is 18.4 Å². The maximum Gasteiger partial charge on any atom is 0.416 e. The molecule has 0 saturated heterocycles. The number of benzene rings is 2. The standard InChI is InChI=1S/C22H22F3N3O2S/c1-14-15(2)21(26-16(3)20(14)30-13-17-7-5-4-6-8-17)27-28(29)31-19-11-9-18(10-12-19)22(23,24)25/h4-12,29H,13H2,1-3H3,(H,26,27). The van der Waals surface area contributed by atoms with Crippen molar-refractivity contribution >= 4 is 17.8 Å². The number of pyridine rings is 1. The van der Waals surface area contributed by atoms with E-state index >= 15 is 0 Å². The Morgan fingerprint density at radius 3 is 2.26 bits per heavy atom. The summed E-state index contributed by atoms with van der Waals surface area (Å²) in [4.78, 5) is 4.90. The van der Waals surface area contributed by atoms with Gasteiger partial charge in [-0.3, -0.25) is 10.6 Å². The minimum Gasteiger partial charge on any atom is -0.487 e. The number of halogens is 3. The predicted octanol–water partition coefficient (Wildman–Crippen LogP) is 6.33. The lowest BCUT2D eigenvalue weighted by Crippen LogP contribution is -2.20. The largest absolute Gasteiger partial charge is 0.487 e. The van der Waals surface area contributed by atoms with E-state index in [1.54, 1.807) is 0 Å². The number of aromatic nitrogens is 1. The Labute approximate surface area is 182 Å². The smallest absolute Gasteiger partial charge is 0.416 e. The molecule has 5 nitrogen and oxygen atoms in total. The van der Waals surface area contributed by atoms with E-state index in [1.807, 2.05) is 51.1 Å². The molecule has 0 spiro atoms. The molecule has 0 bridgehead atoms. The molecule has 2 aromatic carbocycles. The number of hydrogen-bond acceptors (Lipinski definition) is 6. The molecular weight excluding hydrogens is 427 g/mol. The summed E-state index contributed by atoms with van der Waals surface area (Å²) in [5.41, 5.74) is 5.34. The van der Waals surface area contributed by atoms with Gasteiger partial charge >= 0.3 is 6.18 Å². The molecule has 1 heterocycles. The molecule has 0 aliphatic carbocycles. The van der Waals surface area contributed by atoms with Crippen LogP contribution in [0.3, 0.4) is 0 Å². The Balaban J connectivity index is 1.68. The molecule has 0 amide bonds.